The molecule has 1 saturated heterocycles. The van der Waals surface area contributed by atoms with Crippen LogP contribution in [0, 0.1) is 11.6 Å². The van der Waals surface area contributed by atoms with E-state index in [-0.39, 0.29) is 16.3 Å². The number of aromatic nitrogens is 1. The molecule has 0 bridgehead atoms. The summed E-state index contributed by atoms with van der Waals surface area (Å²) in [4.78, 5) is 8.86. The van der Waals surface area contributed by atoms with Gasteiger partial charge in [-0.05, 0) is 25.2 Å². The normalized spacial score (nSPS) is 15.9. The first-order valence-corrected chi connectivity index (χ1v) is 11.4. The maximum Gasteiger partial charge on any atom is 0.250 e. The number of hydrogen-bond donors (Lipinski definition) is 1. The first kappa shape index (κ1) is 20.1. The molecule has 0 atom stereocenters. The Morgan fingerprint density at radius 2 is 1.93 bits per heavy atom. The summed E-state index contributed by atoms with van der Waals surface area (Å²) < 4.78 is 55.9. The number of halogens is 2. The molecule has 2 aromatic heterocycles. The van der Waals surface area contributed by atoms with Crippen LogP contribution < -0.4 is 9.62 Å². The van der Waals surface area contributed by atoms with Gasteiger partial charge in [-0.1, -0.05) is 12.1 Å². The summed E-state index contributed by atoms with van der Waals surface area (Å²) in [5.74, 6) is -1.29. The van der Waals surface area contributed by atoms with Gasteiger partial charge in [-0.2, -0.15) is 0 Å². The van der Waals surface area contributed by atoms with Crippen molar-refractivity contribution in [3.8, 4) is 0 Å². The standard InChI is InChI=1S/C19H20F2N4O2S2/c1-24-7-9-25(10-8-24)19-14-11-17(28-16(14)5-6-22-19)29(26,27)23-12-13-3-2-4-15(20)18(13)21/h2-6,11,23H,7-10,12H2,1H3. The highest BCUT2D eigenvalue weighted by Crippen LogP contribution is 2.34. The number of rotatable bonds is 5. The zero-order valence-corrected chi connectivity index (χ0v) is 17.4. The molecular weight excluding hydrogens is 418 g/mol. The molecule has 0 aliphatic carbocycles. The van der Waals surface area contributed by atoms with E-state index in [1.807, 2.05) is 0 Å². The fraction of sp³-hybridized carbons (Fsp3) is 0.316. The van der Waals surface area contributed by atoms with Crippen LogP contribution in [-0.2, 0) is 16.6 Å². The molecule has 10 heteroatoms. The van der Waals surface area contributed by atoms with Crippen molar-refractivity contribution in [2.75, 3.05) is 38.1 Å². The van der Waals surface area contributed by atoms with E-state index in [0.717, 1.165) is 59.5 Å². The Labute approximate surface area is 171 Å². The molecule has 1 aliphatic heterocycles. The van der Waals surface area contributed by atoms with Gasteiger partial charge in [0.25, 0.3) is 0 Å². The molecule has 0 radical (unpaired) electrons. The highest BCUT2D eigenvalue weighted by Gasteiger charge is 2.23. The van der Waals surface area contributed by atoms with E-state index in [1.54, 1.807) is 18.3 Å². The molecule has 4 rings (SSSR count). The number of fused-ring (bicyclic) bond motifs is 1. The predicted molar refractivity (Wildman–Crippen MR) is 110 cm³/mol. The van der Waals surface area contributed by atoms with Gasteiger partial charge in [0, 0.05) is 54.6 Å². The van der Waals surface area contributed by atoms with Crippen LogP contribution in [0.1, 0.15) is 5.56 Å². The largest absolute Gasteiger partial charge is 0.354 e. The molecule has 1 fully saturated rings. The summed E-state index contributed by atoms with van der Waals surface area (Å²) in [5.41, 5.74) is -0.0468. The summed E-state index contributed by atoms with van der Waals surface area (Å²) in [6.45, 7) is 3.13. The minimum atomic E-state index is -3.88. The van der Waals surface area contributed by atoms with Gasteiger partial charge in [-0.15, -0.1) is 11.3 Å². The Bertz CT molecular complexity index is 1140. The number of thiophene rings is 1. The van der Waals surface area contributed by atoms with Crippen LogP contribution in [0.15, 0.2) is 40.7 Å². The van der Waals surface area contributed by atoms with E-state index < -0.39 is 21.7 Å². The second-order valence-corrected chi connectivity index (χ2v) is 10.0. The molecule has 0 amide bonds. The summed E-state index contributed by atoms with van der Waals surface area (Å²) in [5, 5.41) is 0.777. The highest BCUT2D eigenvalue weighted by molar-refractivity contribution is 7.91. The van der Waals surface area contributed by atoms with Gasteiger partial charge < -0.3 is 9.80 Å². The van der Waals surface area contributed by atoms with Crippen molar-refractivity contribution in [2.24, 2.45) is 0 Å². The summed E-state index contributed by atoms with van der Waals surface area (Å²) in [6, 6.07) is 7.07. The van der Waals surface area contributed by atoms with E-state index in [9.17, 15) is 17.2 Å². The molecule has 0 spiro atoms. The molecule has 0 saturated carbocycles. The van der Waals surface area contributed by atoms with Crippen molar-refractivity contribution in [3.63, 3.8) is 0 Å². The highest BCUT2D eigenvalue weighted by atomic mass is 32.2. The van der Waals surface area contributed by atoms with E-state index >= 15 is 0 Å². The smallest absolute Gasteiger partial charge is 0.250 e. The molecule has 1 aliphatic rings. The maximum absolute atomic E-state index is 13.8. The lowest BCUT2D eigenvalue weighted by molar-refractivity contribution is 0.312. The molecule has 6 nitrogen and oxygen atoms in total. The van der Waals surface area contributed by atoms with Crippen molar-refractivity contribution >= 4 is 37.3 Å². The Kier molecular flexibility index (Phi) is 5.52. The lowest BCUT2D eigenvalue weighted by atomic mass is 10.2. The van der Waals surface area contributed by atoms with Crippen LogP contribution in [0.3, 0.4) is 0 Å². The number of anilines is 1. The maximum atomic E-state index is 13.8. The van der Waals surface area contributed by atoms with Gasteiger partial charge in [-0.3, -0.25) is 0 Å². The van der Waals surface area contributed by atoms with Gasteiger partial charge in [0.15, 0.2) is 11.6 Å². The van der Waals surface area contributed by atoms with Crippen molar-refractivity contribution in [2.45, 2.75) is 10.8 Å². The van der Waals surface area contributed by atoms with Crippen LogP contribution in [0.25, 0.3) is 10.1 Å². The van der Waals surface area contributed by atoms with E-state index in [4.69, 9.17) is 0 Å². The van der Waals surface area contributed by atoms with E-state index in [1.165, 1.54) is 12.1 Å². The number of nitrogens with one attached hydrogen (secondary N) is 1. The predicted octanol–water partition coefficient (Wildman–Crippen LogP) is 2.80. The minimum absolute atomic E-state index is 0.0468. The Hall–Kier alpha value is -2.14. The number of piperazine rings is 1. The molecule has 0 unspecified atom stereocenters. The lowest BCUT2D eigenvalue weighted by Gasteiger charge is -2.33. The monoisotopic (exact) mass is 438 g/mol. The van der Waals surface area contributed by atoms with Gasteiger partial charge in [0.1, 0.15) is 10.0 Å². The van der Waals surface area contributed by atoms with Crippen LogP contribution in [0.2, 0.25) is 0 Å². The fourth-order valence-electron chi connectivity index (χ4n) is 3.26. The Morgan fingerprint density at radius 3 is 2.69 bits per heavy atom. The van der Waals surface area contributed by atoms with Crippen LogP contribution >= 0.6 is 11.3 Å². The molecule has 1 N–H and O–H groups in total. The van der Waals surface area contributed by atoms with Gasteiger partial charge in [-0.25, -0.2) is 26.9 Å². The topological polar surface area (TPSA) is 65.5 Å². The molecule has 3 heterocycles. The van der Waals surface area contributed by atoms with Crippen molar-refractivity contribution in [1.29, 1.82) is 0 Å². The number of pyridine rings is 1. The third-order valence-electron chi connectivity index (χ3n) is 4.95. The van der Waals surface area contributed by atoms with E-state index in [0.29, 0.717) is 0 Å². The van der Waals surface area contributed by atoms with Crippen LogP contribution in [-0.4, -0.2) is 51.5 Å². The second kappa shape index (κ2) is 7.94. The van der Waals surface area contributed by atoms with E-state index in [2.05, 4.69) is 26.6 Å². The number of sulfonamides is 1. The molecular formula is C19H20F2N4O2S2. The van der Waals surface area contributed by atoms with Gasteiger partial charge >= 0.3 is 0 Å². The second-order valence-electron chi connectivity index (χ2n) is 6.94. The Morgan fingerprint density at radius 1 is 1.17 bits per heavy atom. The van der Waals surface area contributed by atoms with Crippen molar-refractivity contribution in [1.82, 2.24) is 14.6 Å². The van der Waals surface area contributed by atoms with Gasteiger partial charge in [0.05, 0.1) is 0 Å². The quantitative estimate of drug-likeness (QED) is 0.664. The van der Waals surface area contributed by atoms with Crippen LogP contribution in [0.4, 0.5) is 14.6 Å². The zero-order chi connectivity index (χ0) is 20.6. The molecule has 1 aromatic carbocycles. The molecule has 29 heavy (non-hydrogen) atoms. The Balaban J connectivity index is 1.60. The zero-order valence-electron chi connectivity index (χ0n) is 15.7. The summed E-state index contributed by atoms with van der Waals surface area (Å²) in [6.07, 6.45) is 1.68. The van der Waals surface area contributed by atoms with Crippen molar-refractivity contribution < 1.29 is 17.2 Å². The average molecular weight is 439 g/mol. The minimum Gasteiger partial charge on any atom is -0.354 e. The SMILES string of the molecule is CN1CCN(c2nccc3sc(S(=O)(=O)NCc4cccc(F)c4F)cc23)CC1. The number of nitrogens with zero attached hydrogens (tertiary/aromatic N) is 3. The first-order valence-electron chi connectivity index (χ1n) is 9.10. The first-order chi connectivity index (χ1) is 13.8. The van der Waals surface area contributed by atoms with Crippen LogP contribution in [0.5, 0.6) is 0 Å². The van der Waals surface area contributed by atoms with Crippen molar-refractivity contribution in [3.05, 3.63) is 53.7 Å². The number of benzene rings is 1. The number of hydrogen-bond acceptors (Lipinski definition) is 6. The number of likely N-dealkylation sites (N-methyl/N-ethyl adjacent to an activating group) is 1. The summed E-state index contributed by atoms with van der Waals surface area (Å²) >= 11 is 1.13. The third kappa shape index (κ3) is 4.11. The average Bonchev–Trinajstić information content (AvgIpc) is 3.15. The molecule has 154 valence electrons. The lowest BCUT2D eigenvalue weighted by Crippen LogP contribution is -2.44. The fourth-order valence-corrected chi connectivity index (χ4v) is 5.69. The third-order valence-corrected chi connectivity index (χ3v) is 7.93. The summed E-state index contributed by atoms with van der Waals surface area (Å²) in [7, 11) is -1.82. The van der Waals surface area contributed by atoms with Gasteiger partial charge in [0.2, 0.25) is 10.0 Å². The molecule has 3 aromatic rings.